The van der Waals surface area contributed by atoms with Crippen molar-refractivity contribution in [3.05, 3.63) is 52.0 Å². The van der Waals surface area contributed by atoms with Crippen LogP contribution >= 0.6 is 15.9 Å². The number of benzene rings is 1. The Morgan fingerprint density at radius 1 is 1.38 bits per heavy atom. The van der Waals surface area contributed by atoms with Gasteiger partial charge in [-0.15, -0.1) is 0 Å². The van der Waals surface area contributed by atoms with Gasteiger partial charge in [0.15, 0.2) is 0 Å². The normalized spacial score (nSPS) is 10.7. The summed E-state index contributed by atoms with van der Waals surface area (Å²) in [6.45, 7) is 0.935. The number of rotatable bonds is 3. The summed E-state index contributed by atoms with van der Waals surface area (Å²) in [5, 5.41) is 4.15. The summed E-state index contributed by atoms with van der Waals surface area (Å²) in [7, 11) is 0. The van der Waals surface area contributed by atoms with E-state index in [0.29, 0.717) is 17.6 Å². The maximum Gasteiger partial charge on any atom is 0.137 e. The summed E-state index contributed by atoms with van der Waals surface area (Å²) < 4.78 is 15.5. The molecule has 0 aliphatic carbocycles. The molecule has 0 aliphatic heterocycles. The first-order chi connectivity index (χ1) is 7.72. The number of aromatic nitrogens is 2. The minimum Gasteiger partial charge on any atom is -0.325 e. The monoisotopic (exact) mass is 283 g/mol. The topological polar surface area (TPSA) is 43.8 Å². The van der Waals surface area contributed by atoms with Gasteiger partial charge >= 0.3 is 0 Å². The van der Waals surface area contributed by atoms with E-state index in [1.165, 1.54) is 6.07 Å². The molecular weight excluding hydrogens is 273 g/mol. The summed E-state index contributed by atoms with van der Waals surface area (Å²) in [5.41, 5.74) is 7.34. The van der Waals surface area contributed by atoms with Crippen molar-refractivity contribution in [2.75, 3.05) is 0 Å². The van der Waals surface area contributed by atoms with Crippen molar-refractivity contribution in [1.29, 1.82) is 0 Å². The van der Waals surface area contributed by atoms with Crippen molar-refractivity contribution in [1.82, 2.24) is 9.78 Å². The van der Waals surface area contributed by atoms with Gasteiger partial charge in [0.05, 0.1) is 16.7 Å². The van der Waals surface area contributed by atoms with Gasteiger partial charge in [-0.25, -0.2) is 4.39 Å². The van der Waals surface area contributed by atoms with Crippen molar-refractivity contribution in [2.24, 2.45) is 5.73 Å². The van der Waals surface area contributed by atoms with Crippen LogP contribution in [0.15, 0.2) is 34.9 Å². The number of nitrogens with zero attached hydrogens (tertiary/aromatic N) is 2. The Labute approximate surface area is 101 Å². The molecule has 2 rings (SSSR count). The minimum atomic E-state index is -0.265. The molecule has 0 amide bonds. The molecule has 0 unspecified atom stereocenters. The minimum absolute atomic E-state index is 0.265. The van der Waals surface area contributed by atoms with Gasteiger partial charge in [0.2, 0.25) is 0 Å². The molecule has 0 saturated carbocycles. The van der Waals surface area contributed by atoms with E-state index < -0.39 is 0 Å². The molecular formula is C11H11BrFN3. The van der Waals surface area contributed by atoms with Crippen molar-refractivity contribution in [2.45, 2.75) is 13.1 Å². The van der Waals surface area contributed by atoms with E-state index >= 15 is 0 Å². The van der Waals surface area contributed by atoms with Crippen LogP contribution in [0.1, 0.15) is 11.3 Å². The Morgan fingerprint density at radius 2 is 2.19 bits per heavy atom. The van der Waals surface area contributed by atoms with Crippen LogP contribution in [0.4, 0.5) is 4.39 Å². The average Bonchev–Trinajstić information content (AvgIpc) is 2.72. The molecule has 0 spiro atoms. The fraction of sp³-hybridized carbons (Fsp3) is 0.182. The van der Waals surface area contributed by atoms with Crippen LogP contribution in [-0.4, -0.2) is 9.78 Å². The summed E-state index contributed by atoms with van der Waals surface area (Å²) >= 11 is 3.23. The second kappa shape index (κ2) is 4.76. The van der Waals surface area contributed by atoms with Crippen LogP contribution in [0.25, 0.3) is 0 Å². The first-order valence-corrected chi connectivity index (χ1v) is 5.65. The third-order valence-electron chi connectivity index (χ3n) is 2.37. The number of hydrogen-bond donors (Lipinski definition) is 1. The van der Waals surface area contributed by atoms with Gasteiger partial charge in [-0.1, -0.05) is 12.1 Å². The third kappa shape index (κ3) is 2.15. The van der Waals surface area contributed by atoms with Gasteiger partial charge in [-0.2, -0.15) is 5.10 Å². The lowest BCUT2D eigenvalue weighted by molar-refractivity contribution is 0.605. The Kier molecular flexibility index (Phi) is 3.36. The number of halogens is 2. The molecule has 0 atom stereocenters. The highest BCUT2D eigenvalue weighted by Gasteiger charge is 2.07. The van der Waals surface area contributed by atoms with Crippen LogP contribution in [0.3, 0.4) is 0 Å². The quantitative estimate of drug-likeness (QED) is 0.939. The molecule has 84 valence electrons. The van der Waals surface area contributed by atoms with Crippen LogP contribution in [0.5, 0.6) is 0 Å². The van der Waals surface area contributed by atoms with Crippen LogP contribution in [0.2, 0.25) is 0 Å². The second-order valence-corrected chi connectivity index (χ2v) is 4.19. The second-order valence-electron chi connectivity index (χ2n) is 3.40. The van der Waals surface area contributed by atoms with Crippen molar-refractivity contribution in [3.63, 3.8) is 0 Å². The zero-order valence-corrected chi connectivity index (χ0v) is 10.1. The van der Waals surface area contributed by atoms with E-state index in [-0.39, 0.29) is 5.82 Å². The van der Waals surface area contributed by atoms with Gasteiger partial charge < -0.3 is 5.73 Å². The highest BCUT2D eigenvalue weighted by molar-refractivity contribution is 9.10. The van der Waals surface area contributed by atoms with Gasteiger partial charge in [0, 0.05) is 12.7 Å². The largest absolute Gasteiger partial charge is 0.325 e. The lowest BCUT2D eigenvalue weighted by Gasteiger charge is -2.08. The van der Waals surface area contributed by atoms with Gasteiger partial charge in [-0.3, -0.25) is 4.68 Å². The first kappa shape index (κ1) is 11.3. The fourth-order valence-corrected chi connectivity index (χ4v) is 1.90. The number of hydrogen-bond acceptors (Lipinski definition) is 2. The highest BCUT2D eigenvalue weighted by atomic mass is 79.9. The highest BCUT2D eigenvalue weighted by Crippen LogP contribution is 2.21. The summed E-state index contributed by atoms with van der Waals surface area (Å²) in [4.78, 5) is 0. The van der Waals surface area contributed by atoms with E-state index in [2.05, 4.69) is 21.0 Å². The molecule has 1 aromatic heterocycles. The molecule has 0 aliphatic rings. The molecule has 1 aromatic carbocycles. The predicted octanol–water partition coefficient (Wildman–Crippen LogP) is 2.29. The number of nitrogens with two attached hydrogens (primary N) is 1. The molecule has 0 bridgehead atoms. The molecule has 1 heterocycles. The Hall–Kier alpha value is -1.20. The Bertz CT molecular complexity index is 496. The third-order valence-corrected chi connectivity index (χ3v) is 3.25. The molecule has 5 heteroatoms. The molecule has 3 nitrogen and oxygen atoms in total. The molecule has 2 aromatic rings. The zero-order chi connectivity index (χ0) is 11.5. The van der Waals surface area contributed by atoms with E-state index in [0.717, 1.165) is 11.3 Å². The van der Waals surface area contributed by atoms with Gasteiger partial charge in [0.1, 0.15) is 5.82 Å². The standard InChI is InChI=1S/C11H11BrFN3/c12-11-8(2-1-3-10(11)13)7-16-9(6-14)4-5-15-16/h1-5H,6-7,14H2. The molecule has 2 N–H and O–H groups in total. The van der Waals surface area contributed by atoms with Crippen LogP contribution in [-0.2, 0) is 13.1 Å². The fourth-order valence-electron chi connectivity index (χ4n) is 1.51. The van der Waals surface area contributed by atoms with Crippen molar-refractivity contribution in [3.8, 4) is 0 Å². The van der Waals surface area contributed by atoms with E-state index in [1.54, 1.807) is 16.9 Å². The summed E-state index contributed by atoms with van der Waals surface area (Å²) in [6.07, 6.45) is 1.69. The van der Waals surface area contributed by atoms with E-state index in [1.807, 2.05) is 12.1 Å². The van der Waals surface area contributed by atoms with Crippen LogP contribution < -0.4 is 5.73 Å². The molecule has 0 fully saturated rings. The lowest BCUT2D eigenvalue weighted by Crippen LogP contribution is -2.10. The van der Waals surface area contributed by atoms with E-state index in [9.17, 15) is 4.39 Å². The maximum absolute atomic E-state index is 13.3. The van der Waals surface area contributed by atoms with E-state index in [4.69, 9.17) is 5.73 Å². The molecule has 16 heavy (non-hydrogen) atoms. The lowest BCUT2D eigenvalue weighted by atomic mass is 10.2. The SMILES string of the molecule is NCc1ccnn1Cc1cccc(F)c1Br. The Morgan fingerprint density at radius 3 is 2.94 bits per heavy atom. The van der Waals surface area contributed by atoms with Gasteiger partial charge in [-0.05, 0) is 33.6 Å². The van der Waals surface area contributed by atoms with Crippen molar-refractivity contribution >= 4 is 15.9 Å². The van der Waals surface area contributed by atoms with Crippen molar-refractivity contribution < 1.29 is 4.39 Å². The molecule has 0 radical (unpaired) electrons. The van der Waals surface area contributed by atoms with Gasteiger partial charge in [0.25, 0.3) is 0 Å². The smallest absolute Gasteiger partial charge is 0.137 e. The van der Waals surface area contributed by atoms with Crippen LogP contribution in [0, 0.1) is 5.82 Å². The zero-order valence-electron chi connectivity index (χ0n) is 8.53. The molecule has 0 saturated heterocycles. The summed E-state index contributed by atoms with van der Waals surface area (Å²) in [6, 6.07) is 6.81. The Balaban J connectivity index is 2.30. The first-order valence-electron chi connectivity index (χ1n) is 4.86. The average molecular weight is 284 g/mol. The summed E-state index contributed by atoms with van der Waals surface area (Å²) in [5.74, 6) is -0.265. The maximum atomic E-state index is 13.3. The predicted molar refractivity (Wildman–Crippen MR) is 63.3 cm³/mol.